The van der Waals surface area contributed by atoms with Gasteiger partial charge in [-0.25, -0.2) is 4.39 Å². The molecule has 1 aromatic carbocycles. The minimum absolute atomic E-state index is 0. The maximum absolute atomic E-state index is 12.9. The van der Waals surface area contributed by atoms with Gasteiger partial charge in [0.05, 0.1) is 11.6 Å². The van der Waals surface area contributed by atoms with E-state index < -0.39 is 5.82 Å². The van der Waals surface area contributed by atoms with Gasteiger partial charge in [-0.15, -0.1) is 12.4 Å². The van der Waals surface area contributed by atoms with Gasteiger partial charge < -0.3 is 10.8 Å². The fourth-order valence-electron chi connectivity index (χ4n) is 1.03. The van der Waals surface area contributed by atoms with Gasteiger partial charge in [0, 0.05) is 6.04 Å². The fourth-order valence-corrected chi connectivity index (χ4v) is 1.15. The van der Waals surface area contributed by atoms with Crippen molar-refractivity contribution in [3.8, 4) is 0 Å². The molecular weight excluding hydrogens is 228 g/mol. The number of rotatable bonds is 3. The van der Waals surface area contributed by atoms with Gasteiger partial charge in [-0.1, -0.05) is 17.7 Å². The van der Waals surface area contributed by atoms with E-state index in [4.69, 9.17) is 22.4 Å². The van der Waals surface area contributed by atoms with Crippen LogP contribution in [0.2, 0.25) is 5.02 Å². The fraction of sp³-hybridized carbons (Fsp3) is 0.333. The van der Waals surface area contributed by atoms with Gasteiger partial charge in [0.25, 0.3) is 0 Å². The molecule has 0 aliphatic carbocycles. The molecule has 5 heteroatoms. The summed E-state index contributed by atoms with van der Waals surface area (Å²) < 4.78 is 12.9. The summed E-state index contributed by atoms with van der Waals surface area (Å²) in [4.78, 5) is 0. The number of nitrogens with two attached hydrogens (primary N) is 1. The van der Waals surface area contributed by atoms with E-state index in [0.717, 1.165) is 5.56 Å². The van der Waals surface area contributed by atoms with Crippen LogP contribution in [-0.4, -0.2) is 17.8 Å². The van der Waals surface area contributed by atoms with Crippen molar-refractivity contribution in [2.24, 2.45) is 5.73 Å². The zero-order chi connectivity index (χ0) is 9.84. The third kappa shape index (κ3) is 3.80. The molecule has 0 aliphatic heterocycles. The van der Waals surface area contributed by atoms with Crippen LogP contribution in [0.4, 0.5) is 4.39 Å². The molecular formula is C9H12Cl2FNO. The van der Waals surface area contributed by atoms with Gasteiger partial charge in [-0.05, 0) is 24.1 Å². The van der Waals surface area contributed by atoms with E-state index in [1.54, 1.807) is 6.07 Å². The van der Waals surface area contributed by atoms with Crippen molar-refractivity contribution in [3.05, 3.63) is 34.6 Å². The first-order chi connectivity index (χ1) is 6.13. The maximum atomic E-state index is 12.9. The van der Waals surface area contributed by atoms with Crippen molar-refractivity contribution < 1.29 is 9.50 Å². The first kappa shape index (κ1) is 13.7. The predicted molar refractivity (Wildman–Crippen MR) is 57.4 cm³/mol. The Kier molecular flexibility index (Phi) is 6.04. The van der Waals surface area contributed by atoms with Crippen LogP contribution in [0.3, 0.4) is 0 Å². The van der Waals surface area contributed by atoms with E-state index >= 15 is 0 Å². The molecule has 0 saturated carbocycles. The van der Waals surface area contributed by atoms with E-state index in [1.807, 2.05) is 0 Å². The topological polar surface area (TPSA) is 46.2 Å². The van der Waals surface area contributed by atoms with Gasteiger partial charge in [0.1, 0.15) is 5.82 Å². The molecule has 1 aromatic rings. The Bertz CT molecular complexity index is 296. The van der Waals surface area contributed by atoms with Crippen LogP contribution >= 0.6 is 24.0 Å². The molecule has 0 spiro atoms. The van der Waals surface area contributed by atoms with Crippen LogP contribution in [-0.2, 0) is 6.42 Å². The lowest BCUT2D eigenvalue weighted by atomic mass is 10.1. The Labute approximate surface area is 93.3 Å². The summed E-state index contributed by atoms with van der Waals surface area (Å²) in [6.07, 6.45) is 0.449. The molecule has 0 fully saturated rings. The minimum atomic E-state index is -0.454. The van der Waals surface area contributed by atoms with E-state index in [1.165, 1.54) is 12.1 Å². The van der Waals surface area contributed by atoms with Crippen LogP contribution in [0.25, 0.3) is 0 Å². The third-order valence-corrected chi connectivity index (χ3v) is 2.02. The second-order valence-electron chi connectivity index (χ2n) is 2.90. The Hall–Kier alpha value is -0.350. The Morgan fingerprint density at radius 3 is 2.64 bits per heavy atom. The van der Waals surface area contributed by atoms with Gasteiger partial charge in [-0.3, -0.25) is 0 Å². The lowest BCUT2D eigenvalue weighted by molar-refractivity contribution is 0.265. The highest BCUT2D eigenvalue weighted by molar-refractivity contribution is 6.30. The van der Waals surface area contributed by atoms with Crippen LogP contribution in [0.15, 0.2) is 18.2 Å². The molecule has 0 amide bonds. The molecule has 0 heterocycles. The molecule has 1 unspecified atom stereocenters. The van der Waals surface area contributed by atoms with E-state index in [9.17, 15) is 4.39 Å². The van der Waals surface area contributed by atoms with Gasteiger partial charge in [0.15, 0.2) is 0 Å². The Morgan fingerprint density at radius 2 is 2.14 bits per heavy atom. The van der Waals surface area contributed by atoms with Crippen molar-refractivity contribution >= 4 is 24.0 Å². The second-order valence-corrected chi connectivity index (χ2v) is 3.30. The zero-order valence-corrected chi connectivity index (χ0v) is 8.98. The molecule has 0 radical (unpaired) electrons. The summed E-state index contributed by atoms with van der Waals surface area (Å²) in [7, 11) is 0. The number of hydrogen-bond donors (Lipinski definition) is 2. The molecule has 1 rings (SSSR count). The second kappa shape index (κ2) is 6.19. The van der Waals surface area contributed by atoms with Gasteiger partial charge in [-0.2, -0.15) is 0 Å². The summed E-state index contributed by atoms with van der Waals surface area (Å²) >= 11 is 5.50. The number of benzene rings is 1. The summed E-state index contributed by atoms with van der Waals surface area (Å²) in [5.74, 6) is -0.454. The van der Waals surface area contributed by atoms with Crippen LogP contribution in [0.5, 0.6) is 0 Å². The van der Waals surface area contributed by atoms with Crippen LogP contribution < -0.4 is 5.73 Å². The first-order valence-corrected chi connectivity index (χ1v) is 4.31. The van der Waals surface area contributed by atoms with Gasteiger partial charge >= 0.3 is 0 Å². The van der Waals surface area contributed by atoms with E-state index in [0.29, 0.717) is 6.42 Å². The van der Waals surface area contributed by atoms with Crippen molar-refractivity contribution in [1.82, 2.24) is 0 Å². The number of halogens is 3. The molecule has 0 aliphatic rings. The monoisotopic (exact) mass is 239 g/mol. The summed E-state index contributed by atoms with van der Waals surface area (Å²) in [6, 6.07) is 4.16. The van der Waals surface area contributed by atoms with Gasteiger partial charge in [0.2, 0.25) is 0 Å². The standard InChI is InChI=1S/C9H11ClFNO.ClH/c10-8-2-1-6(4-9(8)11)3-7(12)5-13;/h1-2,4,7,13H,3,5,12H2;1H. The maximum Gasteiger partial charge on any atom is 0.142 e. The number of aliphatic hydroxyl groups excluding tert-OH is 1. The van der Waals surface area contributed by atoms with Crippen LogP contribution in [0.1, 0.15) is 5.56 Å². The summed E-state index contributed by atoms with van der Waals surface area (Å²) in [6.45, 7) is -0.107. The molecule has 80 valence electrons. The smallest absolute Gasteiger partial charge is 0.142 e. The average Bonchev–Trinajstić information content (AvgIpc) is 2.11. The molecule has 14 heavy (non-hydrogen) atoms. The molecule has 0 bridgehead atoms. The Balaban J connectivity index is 0.00000169. The lowest BCUT2D eigenvalue weighted by Crippen LogP contribution is -2.26. The largest absolute Gasteiger partial charge is 0.395 e. The molecule has 1 atom stereocenters. The number of hydrogen-bond acceptors (Lipinski definition) is 2. The molecule has 2 nitrogen and oxygen atoms in total. The molecule has 0 saturated heterocycles. The highest BCUT2D eigenvalue weighted by atomic mass is 35.5. The minimum Gasteiger partial charge on any atom is -0.395 e. The molecule has 3 N–H and O–H groups in total. The van der Waals surface area contributed by atoms with E-state index in [-0.39, 0.29) is 30.1 Å². The predicted octanol–water partition coefficient (Wildman–Crippen LogP) is 1.76. The van der Waals surface area contributed by atoms with Crippen molar-refractivity contribution in [3.63, 3.8) is 0 Å². The van der Waals surface area contributed by atoms with Crippen LogP contribution in [0, 0.1) is 5.82 Å². The quantitative estimate of drug-likeness (QED) is 0.845. The van der Waals surface area contributed by atoms with Crippen molar-refractivity contribution in [2.75, 3.05) is 6.61 Å². The summed E-state index contributed by atoms with van der Waals surface area (Å²) in [5, 5.41) is 8.77. The zero-order valence-electron chi connectivity index (χ0n) is 7.41. The average molecular weight is 240 g/mol. The lowest BCUT2D eigenvalue weighted by Gasteiger charge is -2.07. The van der Waals surface area contributed by atoms with E-state index in [2.05, 4.69) is 0 Å². The third-order valence-electron chi connectivity index (χ3n) is 1.72. The Morgan fingerprint density at radius 1 is 1.50 bits per heavy atom. The normalized spacial score (nSPS) is 12.0. The highest BCUT2D eigenvalue weighted by Crippen LogP contribution is 2.16. The first-order valence-electron chi connectivity index (χ1n) is 3.94. The van der Waals surface area contributed by atoms with Crippen molar-refractivity contribution in [1.29, 1.82) is 0 Å². The highest BCUT2D eigenvalue weighted by Gasteiger charge is 2.05. The molecule has 0 aromatic heterocycles. The van der Waals surface area contributed by atoms with Crippen molar-refractivity contribution in [2.45, 2.75) is 12.5 Å². The summed E-state index contributed by atoms with van der Waals surface area (Å²) in [5.41, 5.74) is 6.23. The number of aliphatic hydroxyl groups is 1. The SMILES string of the molecule is Cl.NC(CO)Cc1ccc(Cl)c(F)c1.